The summed E-state index contributed by atoms with van der Waals surface area (Å²) in [5, 5.41) is 6.73. The van der Waals surface area contributed by atoms with Gasteiger partial charge in [-0.05, 0) is 14.0 Å². The number of hydrogen-bond donors (Lipinski definition) is 1. The van der Waals surface area contributed by atoms with Crippen molar-refractivity contribution in [1.82, 2.24) is 15.0 Å². The molecule has 0 atom stereocenters. The Bertz CT molecular complexity index is 277. The molecule has 0 amide bonds. The highest BCUT2D eigenvalue weighted by molar-refractivity contribution is 5.17. The van der Waals surface area contributed by atoms with Gasteiger partial charge in [0, 0.05) is 26.7 Å². The predicted molar refractivity (Wildman–Crippen MR) is 56.9 cm³/mol. The molecular weight excluding hydrogens is 196 g/mol. The molecule has 0 radical (unpaired) electrons. The lowest BCUT2D eigenvalue weighted by atomic mass is 10.5. The van der Waals surface area contributed by atoms with Crippen LogP contribution in [0, 0.1) is 6.92 Å². The molecule has 0 aliphatic heterocycles. The fourth-order valence-corrected chi connectivity index (χ4v) is 1.08. The van der Waals surface area contributed by atoms with Crippen LogP contribution in [0.15, 0.2) is 4.52 Å². The topological polar surface area (TPSA) is 63.4 Å². The van der Waals surface area contributed by atoms with Crippen LogP contribution < -0.4 is 5.32 Å². The molecule has 1 rings (SSSR count). The van der Waals surface area contributed by atoms with Crippen molar-refractivity contribution in [1.29, 1.82) is 0 Å². The van der Waals surface area contributed by atoms with Crippen LogP contribution in [0.3, 0.4) is 0 Å². The fourth-order valence-electron chi connectivity index (χ4n) is 1.08. The largest absolute Gasteiger partial charge is 0.383 e. The van der Waals surface area contributed by atoms with Gasteiger partial charge >= 0.3 is 6.01 Å². The molecule has 1 aromatic heterocycles. The van der Waals surface area contributed by atoms with Gasteiger partial charge in [-0.1, -0.05) is 5.16 Å². The van der Waals surface area contributed by atoms with E-state index in [0.717, 1.165) is 26.2 Å². The summed E-state index contributed by atoms with van der Waals surface area (Å²) in [7, 11) is 3.74. The maximum Gasteiger partial charge on any atom is 0.321 e. The van der Waals surface area contributed by atoms with Crippen molar-refractivity contribution < 1.29 is 9.26 Å². The molecule has 0 saturated heterocycles. The van der Waals surface area contributed by atoms with Crippen LogP contribution in [0.25, 0.3) is 0 Å². The third kappa shape index (κ3) is 4.75. The number of rotatable bonds is 7. The highest BCUT2D eigenvalue weighted by Crippen LogP contribution is 2.00. The quantitative estimate of drug-likeness (QED) is 0.707. The van der Waals surface area contributed by atoms with Gasteiger partial charge < -0.3 is 19.5 Å². The van der Waals surface area contributed by atoms with Gasteiger partial charge in [-0.25, -0.2) is 0 Å². The molecule has 0 bridgehead atoms. The first-order chi connectivity index (χ1) is 7.22. The highest BCUT2D eigenvalue weighted by Gasteiger charge is 2.01. The normalized spacial score (nSPS) is 10.9. The summed E-state index contributed by atoms with van der Waals surface area (Å²) in [6, 6.07) is 0.479. The molecule has 1 N–H and O–H groups in total. The average Bonchev–Trinajstić information content (AvgIpc) is 2.61. The van der Waals surface area contributed by atoms with Crippen LogP contribution in [-0.4, -0.2) is 55.4 Å². The number of hydrogen-bond acceptors (Lipinski definition) is 6. The Morgan fingerprint density at radius 2 is 2.27 bits per heavy atom. The summed E-state index contributed by atoms with van der Waals surface area (Å²) in [6.07, 6.45) is 0. The van der Waals surface area contributed by atoms with E-state index in [0.29, 0.717) is 11.8 Å². The lowest BCUT2D eigenvalue weighted by molar-refractivity contribution is 0.163. The minimum Gasteiger partial charge on any atom is -0.383 e. The van der Waals surface area contributed by atoms with Crippen molar-refractivity contribution in [3.8, 4) is 0 Å². The van der Waals surface area contributed by atoms with Crippen molar-refractivity contribution in [2.24, 2.45) is 0 Å². The summed E-state index contributed by atoms with van der Waals surface area (Å²) in [5.74, 6) is 0.644. The first-order valence-corrected chi connectivity index (χ1v) is 4.94. The van der Waals surface area contributed by atoms with Gasteiger partial charge in [0.25, 0.3) is 0 Å². The van der Waals surface area contributed by atoms with E-state index in [1.54, 1.807) is 14.0 Å². The Balaban J connectivity index is 2.10. The second kappa shape index (κ2) is 6.36. The van der Waals surface area contributed by atoms with E-state index in [9.17, 15) is 0 Å². The standard InChI is InChI=1S/C9H18N4O2/c1-8-11-9(15-12-8)10-4-5-13(2)6-7-14-3/h4-7H2,1-3H3,(H,10,11,12). The Hall–Kier alpha value is -1.14. The molecule has 6 nitrogen and oxygen atoms in total. The Kier molecular flexibility index (Phi) is 5.06. The smallest absolute Gasteiger partial charge is 0.321 e. The number of likely N-dealkylation sites (N-methyl/N-ethyl adjacent to an activating group) is 1. The molecular formula is C9H18N4O2. The second-order valence-electron chi connectivity index (χ2n) is 3.37. The van der Waals surface area contributed by atoms with Crippen LogP contribution in [0.1, 0.15) is 5.82 Å². The zero-order valence-corrected chi connectivity index (χ0v) is 9.49. The van der Waals surface area contributed by atoms with E-state index in [1.807, 2.05) is 7.05 Å². The number of aromatic nitrogens is 2. The predicted octanol–water partition coefficient (Wildman–Crippen LogP) is 0.368. The monoisotopic (exact) mass is 214 g/mol. The Morgan fingerprint density at radius 3 is 2.87 bits per heavy atom. The van der Waals surface area contributed by atoms with Crippen molar-refractivity contribution in [2.45, 2.75) is 6.92 Å². The van der Waals surface area contributed by atoms with E-state index in [1.165, 1.54) is 0 Å². The Morgan fingerprint density at radius 1 is 1.47 bits per heavy atom. The van der Waals surface area contributed by atoms with Gasteiger partial charge in [0.1, 0.15) is 0 Å². The van der Waals surface area contributed by atoms with Gasteiger partial charge in [-0.3, -0.25) is 0 Å². The average molecular weight is 214 g/mol. The van der Waals surface area contributed by atoms with E-state index in [2.05, 4.69) is 20.4 Å². The molecule has 0 aliphatic rings. The van der Waals surface area contributed by atoms with Gasteiger partial charge in [0.2, 0.25) is 0 Å². The van der Waals surface area contributed by atoms with E-state index < -0.39 is 0 Å². The molecule has 1 heterocycles. The van der Waals surface area contributed by atoms with E-state index >= 15 is 0 Å². The van der Waals surface area contributed by atoms with Crippen LogP contribution in [0.4, 0.5) is 6.01 Å². The van der Waals surface area contributed by atoms with Gasteiger partial charge in [-0.2, -0.15) is 4.98 Å². The molecule has 0 aromatic carbocycles. The van der Waals surface area contributed by atoms with Crippen molar-refractivity contribution in [2.75, 3.05) is 45.7 Å². The van der Waals surface area contributed by atoms with Crippen molar-refractivity contribution >= 4 is 6.01 Å². The third-order valence-electron chi connectivity index (χ3n) is 1.97. The van der Waals surface area contributed by atoms with Crippen LogP contribution >= 0.6 is 0 Å². The van der Waals surface area contributed by atoms with Crippen LogP contribution in [0.5, 0.6) is 0 Å². The first-order valence-electron chi connectivity index (χ1n) is 4.94. The fraction of sp³-hybridized carbons (Fsp3) is 0.778. The van der Waals surface area contributed by atoms with Crippen molar-refractivity contribution in [3.05, 3.63) is 5.82 Å². The zero-order valence-electron chi connectivity index (χ0n) is 9.49. The third-order valence-corrected chi connectivity index (χ3v) is 1.97. The zero-order chi connectivity index (χ0) is 11.1. The second-order valence-corrected chi connectivity index (χ2v) is 3.37. The first kappa shape index (κ1) is 11.9. The van der Waals surface area contributed by atoms with Gasteiger partial charge in [0.05, 0.1) is 6.61 Å². The number of nitrogens with one attached hydrogen (secondary N) is 1. The lowest BCUT2D eigenvalue weighted by Gasteiger charge is -2.15. The number of ether oxygens (including phenoxy) is 1. The number of aryl methyl sites for hydroxylation is 1. The molecule has 6 heteroatoms. The van der Waals surface area contributed by atoms with E-state index in [-0.39, 0.29) is 0 Å². The molecule has 15 heavy (non-hydrogen) atoms. The molecule has 86 valence electrons. The maximum atomic E-state index is 4.98. The summed E-state index contributed by atoms with van der Waals surface area (Å²) < 4.78 is 9.89. The maximum absolute atomic E-state index is 4.98. The molecule has 0 fully saturated rings. The number of nitrogens with zero attached hydrogens (tertiary/aromatic N) is 3. The highest BCUT2D eigenvalue weighted by atomic mass is 16.5. The van der Waals surface area contributed by atoms with Crippen LogP contribution in [0.2, 0.25) is 0 Å². The Labute approximate surface area is 89.6 Å². The van der Waals surface area contributed by atoms with E-state index in [4.69, 9.17) is 9.26 Å². The summed E-state index contributed by atoms with van der Waals surface area (Å²) in [6.45, 7) is 5.14. The number of anilines is 1. The van der Waals surface area contributed by atoms with Gasteiger partial charge in [0.15, 0.2) is 5.82 Å². The lowest BCUT2D eigenvalue weighted by Crippen LogP contribution is -2.28. The van der Waals surface area contributed by atoms with Crippen molar-refractivity contribution in [3.63, 3.8) is 0 Å². The minimum absolute atomic E-state index is 0.479. The van der Waals surface area contributed by atoms with Crippen LogP contribution in [-0.2, 0) is 4.74 Å². The molecule has 0 saturated carbocycles. The molecule has 1 aromatic rings. The number of methoxy groups -OCH3 is 1. The molecule has 0 aliphatic carbocycles. The molecule has 0 unspecified atom stereocenters. The minimum atomic E-state index is 0.479. The van der Waals surface area contributed by atoms with Gasteiger partial charge in [-0.15, -0.1) is 0 Å². The summed E-state index contributed by atoms with van der Waals surface area (Å²) >= 11 is 0. The SMILES string of the molecule is COCCN(C)CCNc1nc(C)no1. The molecule has 0 spiro atoms. The summed E-state index contributed by atoms with van der Waals surface area (Å²) in [4.78, 5) is 6.20. The summed E-state index contributed by atoms with van der Waals surface area (Å²) in [5.41, 5.74) is 0.